The van der Waals surface area contributed by atoms with Gasteiger partial charge in [0.15, 0.2) is 4.80 Å². The first-order valence-electron chi connectivity index (χ1n) is 6.96. The van der Waals surface area contributed by atoms with Gasteiger partial charge in [-0.25, -0.2) is 8.42 Å². The van der Waals surface area contributed by atoms with Gasteiger partial charge in [-0.1, -0.05) is 27.3 Å². The molecule has 0 bridgehead atoms. The van der Waals surface area contributed by atoms with Crippen LogP contribution in [0.25, 0.3) is 10.2 Å². The van der Waals surface area contributed by atoms with E-state index in [1.807, 2.05) is 12.1 Å². The van der Waals surface area contributed by atoms with Gasteiger partial charge in [0.2, 0.25) is 10.0 Å². The maximum Gasteiger partial charge on any atom is 0.325 e. The van der Waals surface area contributed by atoms with E-state index >= 15 is 0 Å². The van der Waals surface area contributed by atoms with E-state index in [0.29, 0.717) is 4.80 Å². The summed E-state index contributed by atoms with van der Waals surface area (Å²) in [6, 6.07) is 5.46. The van der Waals surface area contributed by atoms with E-state index in [-0.39, 0.29) is 13.1 Å². The van der Waals surface area contributed by atoms with E-state index in [2.05, 4.69) is 25.7 Å². The Bertz CT molecular complexity index is 994. The number of amides is 1. The van der Waals surface area contributed by atoms with E-state index in [4.69, 9.17) is 0 Å². The lowest BCUT2D eigenvalue weighted by molar-refractivity contribution is -0.141. The average Bonchev–Trinajstić information content (AvgIpc) is 2.82. The first kappa shape index (κ1) is 19.8. The fraction of sp³-hybridized carbons (Fsp3) is 0.357. The molecule has 0 aliphatic carbocycles. The molecule has 1 aromatic heterocycles. The summed E-state index contributed by atoms with van der Waals surface area (Å²) in [6.07, 6.45) is 1.01. The molecular weight excluding hydrogens is 434 g/mol. The van der Waals surface area contributed by atoms with Crippen LogP contribution in [0.3, 0.4) is 0 Å². The summed E-state index contributed by atoms with van der Waals surface area (Å²) in [5.74, 6) is -1.11. The van der Waals surface area contributed by atoms with Crippen LogP contribution in [0.1, 0.15) is 0 Å². The largest absolute Gasteiger partial charge is 0.468 e. The number of hydrogen-bond acceptors (Lipinski definition) is 6. The molecular formula is C14H16BrN3O5S2. The van der Waals surface area contributed by atoms with Crippen LogP contribution in [0.15, 0.2) is 27.7 Å². The Morgan fingerprint density at radius 1 is 1.40 bits per heavy atom. The van der Waals surface area contributed by atoms with E-state index in [1.54, 1.807) is 10.6 Å². The standard InChI is InChI=1S/C14H16BrN3O5S2/c1-17(25(3,21)22)7-12(19)16-14-18(8-13(20)23-2)10-5-4-9(15)6-11(10)24-14/h4-6H,7-8H2,1-3H3. The van der Waals surface area contributed by atoms with Gasteiger partial charge in [0, 0.05) is 11.5 Å². The number of halogens is 1. The fourth-order valence-corrected chi connectivity index (χ4v) is 3.87. The molecule has 0 radical (unpaired) electrons. The number of sulfonamides is 1. The molecule has 2 aromatic rings. The molecule has 8 nitrogen and oxygen atoms in total. The molecule has 0 saturated carbocycles. The first-order valence-corrected chi connectivity index (χ1v) is 10.4. The number of ether oxygens (including phenoxy) is 1. The van der Waals surface area contributed by atoms with Crippen LogP contribution in [0.5, 0.6) is 0 Å². The van der Waals surface area contributed by atoms with Gasteiger partial charge < -0.3 is 9.30 Å². The minimum atomic E-state index is -3.48. The maximum atomic E-state index is 12.1. The summed E-state index contributed by atoms with van der Waals surface area (Å²) in [7, 11) is -0.911. The molecule has 1 heterocycles. The average molecular weight is 450 g/mol. The van der Waals surface area contributed by atoms with Crippen LogP contribution in [-0.4, -0.2) is 56.1 Å². The number of rotatable bonds is 5. The maximum absolute atomic E-state index is 12.1. The summed E-state index contributed by atoms with van der Waals surface area (Å²) >= 11 is 4.59. The molecule has 25 heavy (non-hydrogen) atoms. The van der Waals surface area contributed by atoms with Gasteiger partial charge in [0.1, 0.15) is 6.54 Å². The molecule has 0 N–H and O–H groups in total. The number of carbonyl (C=O) groups is 2. The highest BCUT2D eigenvalue weighted by Gasteiger charge is 2.16. The van der Waals surface area contributed by atoms with Gasteiger partial charge >= 0.3 is 5.97 Å². The quantitative estimate of drug-likeness (QED) is 0.632. The molecule has 0 saturated heterocycles. The van der Waals surface area contributed by atoms with Gasteiger partial charge in [-0.15, -0.1) is 0 Å². The normalized spacial score (nSPS) is 12.8. The highest BCUT2D eigenvalue weighted by Crippen LogP contribution is 2.22. The predicted molar refractivity (Wildman–Crippen MR) is 97.6 cm³/mol. The Hall–Kier alpha value is -1.56. The molecule has 1 aromatic carbocycles. The zero-order chi connectivity index (χ0) is 18.8. The molecule has 0 unspecified atom stereocenters. The Morgan fingerprint density at radius 2 is 2.08 bits per heavy atom. The van der Waals surface area contributed by atoms with Crippen molar-refractivity contribution in [3.8, 4) is 0 Å². The third-order valence-electron chi connectivity index (χ3n) is 3.30. The summed E-state index contributed by atoms with van der Waals surface area (Å²) in [6.45, 7) is -0.485. The third kappa shape index (κ3) is 4.97. The number of thiazole rings is 1. The Balaban J connectivity index is 2.49. The Morgan fingerprint density at radius 3 is 2.68 bits per heavy atom. The number of fused-ring (bicyclic) bond motifs is 1. The van der Waals surface area contributed by atoms with Crippen LogP contribution >= 0.6 is 27.3 Å². The minimum absolute atomic E-state index is 0.105. The highest BCUT2D eigenvalue weighted by atomic mass is 79.9. The van der Waals surface area contributed by atoms with Crippen molar-refractivity contribution in [1.29, 1.82) is 0 Å². The van der Waals surface area contributed by atoms with Crippen LogP contribution in [0, 0.1) is 0 Å². The van der Waals surface area contributed by atoms with Crippen molar-refractivity contribution < 1.29 is 22.7 Å². The van der Waals surface area contributed by atoms with Crippen molar-refractivity contribution in [3.05, 3.63) is 27.5 Å². The molecule has 136 valence electrons. The van der Waals surface area contributed by atoms with Gasteiger partial charge in [0.05, 0.1) is 30.1 Å². The van der Waals surface area contributed by atoms with Crippen molar-refractivity contribution in [2.75, 3.05) is 27.0 Å². The summed E-state index contributed by atoms with van der Waals surface area (Å²) in [5, 5.41) is 0. The number of hydrogen-bond donors (Lipinski definition) is 0. The molecule has 1 amide bonds. The van der Waals surface area contributed by atoms with Crippen molar-refractivity contribution in [2.45, 2.75) is 6.54 Å². The zero-order valence-electron chi connectivity index (χ0n) is 13.7. The summed E-state index contributed by atoms with van der Waals surface area (Å²) in [5.41, 5.74) is 0.724. The van der Waals surface area contributed by atoms with Gasteiger partial charge in [-0.3, -0.25) is 9.59 Å². The second-order valence-corrected chi connectivity index (χ2v) is 9.20. The molecule has 2 rings (SSSR count). The smallest absolute Gasteiger partial charge is 0.325 e. The number of nitrogens with zero attached hydrogens (tertiary/aromatic N) is 3. The van der Waals surface area contributed by atoms with Crippen LogP contribution in [-0.2, 0) is 30.9 Å². The number of benzene rings is 1. The lowest BCUT2D eigenvalue weighted by Crippen LogP contribution is -2.31. The number of esters is 1. The summed E-state index contributed by atoms with van der Waals surface area (Å²) < 4.78 is 31.7. The molecule has 0 aliphatic heterocycles. The Labute approximate surface area is 156 Å². The Kier molecular flexibility index (Phi) is 6.14. The predicted octanol–water partition coefficient (Wildman–Crippen LogP) is 0.957. The summed E-state index contributed by atoms with van der Waals surface area (Å²) in [4.78, 5) is 28.1. The second kappa shape index (κ2) is 7.77. The van der Waals surface area contributed by atoms with Crippen molar-refractivity contribution in [3.63, 3.8) is 0 Å². The molecule has 0 fully saturated rings. The van der Waals surface area contributed by atoms with Crippen LogP contribution in [0.2, 0.25) is 0 Å². The van der Waals surface area contributed by atoms with Crippen LogP contribution in [0.4, 0.5) is 0 Å². The zero-order valence-corrected chi connectivity index (χ0v) is 16.9. The van der Waals surface area contributed by atoms with E-state index in [0.717, 1.165) is 25.3 Å². The van der Waals surface area contributed by atoms with E-state index in [1.165, 1.54) is 25.5 Å². The number of methoxy groups -OCH3 is 1. The molecule has 0 spiro atoms. The number of likely N-dealkylation sites (N-methyl/N-ethyl adjacent to an activating group) is 1. The molecule has 0 aliphatic rings. The van der Waals surface area contributed by atoms with Crippen LogP contribution < -0.4 is 4.80 Å². The molecule has 0 atom stereocenters. The lowest BCUT2D eigenvalue weighted by atomic mass is 10.3. The number of carbonyl (C=O) groups excluding carboxylic acids is 2. The van der Waals surface area contributed by atoms with Gasteiger partial charge in [-0.05, 0) is 18.2 Å². The minimum Gasteiger partial charge on any atom is -0.468 e. The van der Waals surface area contributed by atoms with Crippen molar-refractivity contribution in [2.24, 2.45) is 4.99 Å². The monoisotopic (exact) mass is 449 g/mol. The van der Waals surface area contributed by atoms with Gasteiger partial charge in [-0.2, -0.15) is 9.30 Å². The highest BCUT2D eigenvalue weighted by molar-refractivity contribution is 9.10. The topological polar surface area (TPSA) is 98.0 Å². The third-order valence-corrected chi connectivity index (χ3v) is 6.10. The lowest BCUT2D eigenvalue weighted by Gasteiger charge is -2.10. The second-order valence-electron chi connectivity index (χ2n) is 5.18. The van der Waals surface area contributed by atoms with Crippen molar-refractivity contribution >= 4 is 59.4 Å². The van der Waals surface area contributed by atoms with Crippen molar-refractivity contribution in [1.82, 2.24) is 8.87 Å². The van der Waals surface area contributed by atoms with Gasteiger partial charge in [0.25, 0.3) is 5.91 Å². The fourth-order valence-electron chi connectivity index (χ4n) is 1.93. The first-order chi connectivity index (χ1) is 11.6. The van der Waals surface area contributed by atoms with E-state index < -0.39 is 21.9 Å². The molecule has 11 heteroatoms. The number of aromatic nitrogens is 1. The SMILES string of the molecule is COC(=O)Cn1c(=NC(=O)CN(C)S(C)(=O)=O)sc2cc(Br)ccc21. The van der Waals surface area contributed by atoms with E-state index in [9.17, 15) is 18.0 Å².